The van der Waals surface area contributed by atoms with Gasteiger partial charge in [-0.25, -0.2) is 13.1 Å². The van der Waals surface area contributed by atoms with Gasteiger partial charge in [-0.05, 0) is 49.8 Å². The summed E-state index contributed by atoms with van der Waals surface area (Å²) in [4.78, 5) is 14.6. The van der Waals surface area contributed by atoms with Gasteiger partial charge < -0.3 is 9.64 Å². The molecule has 0 spiro atoms. The molecule has 1 heterocycles. The number of ether oxygens (including phenoxy) is 1. The zero-order valence-corrected chi connectivity index (χ0v) is 16.8. The Labute approximate surface area is 162 Å². The molecule has 1 aliphatic carbocycles. The van der Waals surface area contributed by atoms with E-state index in [4.69, 9.17) is 4.74 Å². The van der Waals surface area contributed by atoms with Crippen molar-refractivity contribution in [2.75, 3.05) is 26.7 Å². The highest BCUT2D eigenvalue weighted by Gasteiger charge is 2.23. The molecule has 150 valence electrons. The van der Waals surface area contributed by atoms with E-state index in [1.54, 1.807) is 24.1 Å². The van der Waals surface area contributed by atoms with Gasteiger partial charge in [0.1, 0.15) is 0 Å². The van der Waals surface area contributed by atoms with Crippen LogP contribution in [0.5, 0.6) is 0 Å². The van der Waals surface area contributed by atoms with Crippen LogP contribution in [0.1, 0.15) is 55.3 Å². The molecule has 7 heteroatoms. The highest BCUT2D eigenvalue weighted by molar-refractivity contribution is 7.89. The molecule has 1 amide bonds. The number of nitrogens with one attached hydrogen (secondary N) is 1. The molecule has 0 radical (unpaired) electrons. The fourth-order valence-electron chi connectivity index (χ4n) is 3.95. The number of carbonyl (C=O) groups is 1. The topological polar surface area (TPSA) is 75.7 Å². The molecule has 1 aromatic carbocycles. The molecule has 2 aliphatic rings. The SMILES string of the molecule is CN(CC1CCCCC1)C(=O)c1cccc(S(=O)(=O)NCC2CCCO2)c1. The first kappa shape index (κ1) is 20.3. The molecule has 1 aromatic rings. The lowest BCUT2D eigenvalue weighted by Gasteiger charge is -2.27. The lowest BCUT2D eigenvalue weighted by atomic mass is 9.89. The highest BCUT2D eigenvalue weighted by atomic mass is 32.2. The van der Waals surface area contributed by atoms with Crippen LogP contribution in [-0.2, 0) is 14.8 Å². The van der Waals surface area contributed by atoms with Gasteiger partial charge in [0.05, 0.1) is 11.0 Å². The third-order valence-electron chi connectivity index (χ3n) is 5.52. The Bertz CT molecular complexity index is 738. The van der Waals surface area contributed by atoms with E-state index in [2.05, 4.69) is 4.72 Å². The molecule has 0 aromatic heterocycles. The van der Waals surface area contributed by atoms with Gasteiger partial charge in [-0.3, -0.25) is 4.79 Å². The summed E-state index contributed by atoms with van der Waals surface area (Å²) < 4.78 is 33.2. The summed E-state index contributed by atoms with van der Waals surface area (Å²) in [6.45, 7) is 1.68. The molecule has 0 bridgehead atoms. The number of carbonyl (C=O) groups excluding carboxylic acids is 1. The average Bonchev–Trinajstić information content (AvgIpc) is 3.20. The van der Waals surface area contributed by atoms with E-state index in [0.717, 1.165) is 19.4 Å². The van der Waals surface area contributed by atoms with Crippen molar-refractivity contribution in [3.8, 4) is 0 Å². The van der Waals surface area contributed by atoms with Crippen LogP contribution in [0.15, 0.2) is 29.2 Å². The summed E-state index contributed by atoms with van der Waals surface area (Å²) in [6.07, 6.45) is 7.85. The Morgan fingerprint density at radius 1 is 1.19 bits per heavy atom. The van der Waals surface area contributed by atoms with Gasteiger partial charge in [-0.1, -0.05) is 25.3 Å². The van der Waals surface area contributed by atoms with Gasteiger partial charge in [-0.2, -0.15) is 0 Å². The fourth-order valence-corrected chi connectivity index (χ4v) is 5.06. The molecule has 27 heavy (non-hydrogen) atoms. The first-order valence-corrected chi connectivity index (χ1v) is 11.4. The van der Waals surface area contributed by atoms with Crippen molar-refractivity contribution in [2.24, 2.45) is 5.92 Å². The molecule has 2 fully saturated rings. The van der Waals surface area contributed by atoms with Gasteiger partial charge in [0.2, 0.25) is 10.0 Å². The zero-order chi connectivity index (χ0) is 19.3. The van der Waals surface area contributed by atoms with E-state index in [9.17, 15) is 13.2 Å². The Kier molecular flexibility index (Phi) is 6.89. The first-order valence-electron chi connectivity index (χ1n) is 9.92. The Morgan fingerprint density at radius 3 is 2.67 bits per heavy atom. The molecule has 1 N–H and O–H groups in total. The number of hydrogen-bond acceptors (Lipinski definition) is 4. The number of amides is 1. The second-order valence-electron chi connectivity index (χ2n) is 7.70. The Hall–Kier alpha value is -1.44. The summed E-state index contributed by atoms with van der Waals surface area (Å²) in [7, 11) is -1.86. The van der Waals surface area contributed by atoms with Crippen LogP contribution >= 0.6 is 0 Å². The van der Waals surface area contributed by atoms with Crippen LogP contribution in [0.4, 0.5) is 0 Å². The van der Waals surface area contributed by atoms with Crippen LogP contribution in [0.25, 0.3) is 0 Å². The van der Waals surface area contributed by atoms with E-state index in [1.165, 1.54) is 44.2 Å². The molecular weight excluding hydrogens is 364 g/mol. The predicted octanol–water partition coefficient (Wildman–Crippen LogP) is 2.80. The van der Waals surface area contributed by atoms with Gasteiger partial charge in [0, 0.05) is 32.3 Å². The molecular formula is C20H30N2O4S. The van der Waals surface area contributed by atoms with E-state index in [0.29, 0.717) is 18.1 Å². The van der Waals surface area contributed by atoms with Crippen molar-refractivity contribution in [1.82, 2.24) is 9.62 Å². The third-order valence-corrected chi connectivity index (χ3v) is 6.94. The third kappa shape index (κ3) is 5.53. The first-order chi connectivity index (χ1) is 13.0. The van der Waals surface area contributed by atoms with Crippen molar-refractivity contribution >= 4 is 15.9 Å². The quantitative estimate of drug-likeness (QED) is 0.772. The number of hydrogen-bond donors (Lipinski definition) is 1. The molecule has 1 atom stereocenters. The minimum absolute atomic E-state index is 0.0637. The molecule has 1 saturated carbocycles. The van der Waals surface area contributed by atoms with Gasteiger partial charge in [0.15, 0.2) is 0 Å². The monoisotopic (exact) mass is 394 g/mol. The largest absolute Gasteiger partial charge is 0.377 e. The van der Waals surface area contributed by atoms with Gasteiger partial charge >= 0.3 is 0 Å². The van der Waals surface area contributed by atoms with Crippen molar-refractivity contribution in [2.45, 2.75) is 55.9 Å². The molecule has 1 unspecified atom stereocenters. The smallest absolute Gasteiger partial charge is 0.253 e. The Balaban J connectivity index is 1.63. The molecule has 6 nitrogen and oxygen atoms in total. The minimum Gasteiger partial charge on any atom is -0.377 e. The fraction of sp³-hybridized carbons (Fsp3) is 0.650. The maximum absolute atomic E-state index is 12.8. The maximum Gasteiger partial charge on any atom is 0.253 e. The molecule has 1 aliphatic heterocycles. The number of sulfonamides is 1. The maximum atomic E-state index is 12.8. The van der Waals surface area contributed by atoms with E-state index >= 15 is 0 Å². The highest BCUT2D eigenvalue weighted by Crippen LogP contribution is 2.24. The van der Waals surface area contributed by atoms with Gasteiger partial charge in [0.25, 0.3) is 5.91 Å². The van der Waals surface area contributed by atoms with E-state index in [1.807, 2.05) is 0 Å². The Morgan fingerprint density at radius 2 is 1.96 bits per heavy atom. The van der Waals surface area contributed by atoms with Crippen molar-refractivity contribution in [1.29, 1.82) is 0 Å². The van der Waals surface area contributed by atoms with Crippen LogP contribution in [0.3, 0.4) is 0 Å². The number of rotatable bonds is 7. The second-order valence-corrected chi connectivity index (χ2v) is 9.47. The lowest BCUT2D eigenvalue weighted by molar-refractivity contribution is 0.0760. The standard InChI is InChI=1S/C20H30N2O4S/c1-22(15-16-7-3-2-4-8-16)20(23)17-9-5-11-19(13-17)27(24,25)21-14-18-10-6-12-26-18/h5,9,11,13,16,18,21H,2-4,6-8,10,12,14-15H2,1H3. The second kappa shape index (κ2) is 9.17. The van der Waals surface area contributed by atoms with Crippen molar-refractivity contribution in [3.05, 3.63) is 29.8 Å². The lowest BCUT2D eigenvalue weighted by Crippen LogP contribution is -2.33. The van der Waals surface area contributed by atoms with Gasteiger partial charge in [-0.15, -0.1) is 0 Å². The van der Waals surface area contributed by atoms with Crippen molar-refractivity contribution < 1.29 is 17.9 Å². The average molecular weight is 395 g/mol. The molecule has 3 rings (SSSR count). The minimum atomic E-state index is -3.66. The van der Waals surface area contributed by atoms with E-state index in [-0.39, 0.29) is 23.5 Å². The summed E-state index contributed by atoms with van der Waals surface area (Å²) in [5.74, 6) is 0.421. The molecule has 1 saturated heterocycles. The summed E-state index contributed by atoms with van der Waals surface area (Å²) in [5, 5.41) is 0. The predicted molar refractivity (Wildman–Crippen MR) is 104 cm³/mol. The van der Waals surface area contributed by atoms with E-state index < -0.39 is 10.0 Å². The summed E-state index contributed by atoms with van der Waals surface area (Å²) in [6, 6.07) is 6.30. The van der Waals surface area contributed by atoms with Crippen LogP contribution < -0.4 is 4.72 Å². The van der Waals surface area contributed by atoms with Crippen LogP contribution in [0, 0.1) is 5.92 Å². The van der Waals surface area contributed by atoms with Crippen molar-refractivity contribution in [3.63, 3.8) is 0 Å². The summed E-state index contributed by atoms with van der Waals surface area (Å²) in [5.41, 5.74) is 0.410. The van der Waals surface area contributed by atoms with Crippen LogP contribution in [0.2, 0.25) is 0 Å². The normalized spacial score (nSPS) is 21.3. The number of benzene rings is 1. The van der Waals surface area contributed by atoms with Crippen LogP contribution in [-0.4, -0.2) is 52.1 Å². The number of nitrogens with zero attached hydrogens (tertiary/aromatic N) is 1. The zero-order valence-electron chi connectivity index (χ0n) is 16.0. The summed E-state index contributed by atoms with van der Waals surface area (Å²) >= 11 is 0.